The fourth-order valence-electron chi connectivity index (χ4n) is 6.13. The lowest BCUT2D eigenvalue weighted by molar-refractivity contribution is -0.138. The van der Waals surface area contributed by atoms with Crippen molar-refractivity contribution >= 4 is 17.7 Å². The van der Waals surface area contributed by atoms with Crippen LogP contribution in [0.2, 0.25) is 0 Å². The Kier molecular flexibility index (Phi) is 4.97. The van der Waals surface area contributed by atoms with Gasteiger partial charge in [0.1, 0.15) is 6.33 Å². The molecule has 1 spiro atoms. The van der Waals surface area contributed by atoms with Crippen LogP contribution >= 0.6 is 0 Å². The number of halogens is 3. The van der Waals surface area contributed by atoms with Crippen LogP contribution in [0.15, 0.2) is 29.1 Å². The Morgan fingerprint density at radius 1 is 1.20 bits per heavy atom. The van der Waals surface area contributed by atoms with Crippen molar-refractivity contribution in [2.45, 2.75) is 57.9 Å². The molecule has 1 saturated heterocycles. The molecule has 1 amide bonds. The highest BCUT2D eigenvalue weighted by atomic mass is 19.4. The summed E-state index contributed by atoms with van der Waals surface area (Å²) in [5.74, 6) is 0.101. The molecular formula is C25H27F3N6O. The van der Waals surface area contributed by atoms with Crippen molar-refractivity contribution in [2.75, 3.05) is 13.1 Å². The summed E-state index contributed by atoms with van der Waals surface area (Å²) >= 11 is 0. The summed E-state index contributed by atoms with van der Waals surface area (Å²) in [6, 6.07) is 2.53. The first kappa shape index (κ1) is 22.5. The summed E-state index contributed by atoms with van der Waals surface area (Å²) in [6.45, 7) is 3.93. The number of aromatic nitrogens is 3. The molecule has 1 atom stereocenters. The molecule has 0 N–H and O–H groups in total. The van der Waals surface area contributed by atoms with E-state index >= 15 is 0 Å². The number of carbonyl (C=O) groups is 1. The Labute approximate surface area is 201 Å². The van der Waals surface area contributed by atoms with Crippen molar-refractivity contribution in [2.24, 2.45) is 17.5 Å². The number of allylic oxidation sites excluding steroid dienone is 1. The maximum absolute atomic E-state index is 14.2. The number of likely N-dealkylation sites (tertiary alicyclic amines) is 1. The van der Waals surface area contributed by atoms with Crippen LogP contribution in [0.3, 0.4) is 0 Å². The largest absolute Gasteiger partial charge is 0.416 e. The van der Waals surface area contributed by atoms with Crippen molar-refractivity contribution in [1.29, 1.82) is 0 Å². The normalized spacial score (nSPS) is 23.6. The molecule has 1 aromatic carbocycles. The molecule has 0 bridgehead atoms. The van der Waals surface area contributed by atoms with Gasteiger partial charge >= 0.3 is 6.18 Å². The van der Waals surface area contributed by atoms with Gasteiger partial charge in [0.05, 0.1) is 29.4 Å². The van der Waals surface area contributed by atoms with E-state index in [2.05, 4.69) is 20.1 Å². The summed E-state index contributed by atoms with van der Waals surface area (Å²) in [5, 5.41) is 8.02. The minimum absolute atomic E-state index is 0.0343. The summed E-state index contributed by atoms with van der Waals surface area (Å²) in [5.41, 5.74) is 1.52. The van der Waals surface area contributed by atoms with Crippen molar-refractivity contribution < 1.29 is 18.0 Å². The number of aliphatic imine (C=N–C) groups is 1. The van der Waals surface area contributed by atoms with E-state index in [1.54, 1.807) is 23.9 Å². The van der Waals surface area contributed by atoms with Gasteiger partial charge in [-0.05, 0) is 61.4 Å². The van der Waals surface area contributed by atoms with Crippen LogP contribution in [0.25, 0.3) is 5.57 Å². The van der Waals surface area contributed by atoms with Gasteiger partial charge in [-0.3, -0.25) is 14.7 Å². The van der Waals surface area contributed by atoms with E-state index in [0.717, 1.165) is 19.5 Å². The predicted octanol–water partition coefficient (Wildman–Crippen LogP) is 4.05. The minimum Gasteiger partial charge on any atom is -0.317 e. The van der Waals surface area contributed by atoms with Gasteiger partial charge in [-0.15, -0.1) is 10.2 Å². The topological polar surface area (TPSA) is 66.6 Å². The summed E-state index contributed by atoms with van der Waals surface area (Å²) in [7, 11) is 1.78. The molecule has 184 valence electrons. The number of hydrogen-bond acceptors (Lipinski definition) is 5. The van der Waals surface area contributed by atoms with Crippen LogP contribution in [0.1, 0.15) is 65.5 Å². The first-order chi connectivity index (χ1) is 16.7. The van der Waals surface area contributed by atoms with Crippen LogP contribution in [0.4, 0.5) is 13.2 Å². The lowest BCUT2D eigenvalue weighted by Crippen LogP contribution is -2.33. The van der Waals surface area contributed by atoms with Crippen LogP contribution in [-0.4, -0.2) is 55.8 Å². The zero-order chi connectivity index (χ0) is 24.5. The van der Waals surface area contributed by atoms with Gasteiger partial charge in [-0.25, -0.2) is 0 Å². The number of alkyl halides is 3. The van der Waals surface area contributed by atoms with E-state index in [4.69, 9.17) is 0 Å². The quantitative estimate of drug-likeness (QED) is 0.657. The maximum Gasteiger partial charge on any atom is 0.416 e. The van der Waals surface area contributed by atoms with Crippen LogP contribution in [-0.2, 0) is 26.3 Å². The average Bonchev–Trinajstić information content (AvgIpc) is 3.54. The second-order valence-electron chi connectivity index (χ2n) is 10.4. The Bertz CT molecular complexity index is 1270. The molecule has 1 saturated carbocycles. The van der Waals surface area contributed by atoms with E-state index in [-0.39, 0.29) is 23.7 Å². The van der Waals surface area contributed by atoms with Crippen LogP contribution < -0.4 is 0 Å². The lowest BCUT2D eigenvalue weighted by atomic mass is 9.68. The standard InChI is InChI=1S/C25H27F3N6O/c1-15-21(18(10-29-15)22-31-30-14-32(22)2)34-12-19-17(23(34)35)8-16(9-20(19)25(26,27)28)11-33-7-6-24(13-33)4-3-5-24/h8-10,14-15H,3-7,11-13H2,1-2H3/t15-/m0/s1. The third kappa shape index (κ3) is 3.61. The van der Waals surface area contributed by atoms with Gasteiger partial charge in [-0.2, -0.15) is 13.2 Å². The van der Waals surface area contributed by atoms with Crippen molar-refractivity contribution in [1.82, 2.24) is 24.6 Å². The predicted molar refractivity (Wildman–Crippen MR) is 123 cm³/mol. The first-order valence-corrected chi connectivity index (χ1v) is 12.0. The molecule has 6 rings (SSSR count). The molecule has 2 fully saturated rings. The Morgan fingerprint density at radius 2 is 2.00 bits per heavy atom. The zero-order valence-corrected chi connectivity index (χ0v) is 19.8. The number of hydrogen-bond donors (Lipinski definition) is 0. The molecule has 35 heavy (non-hydrogen) atoms. The number of benzene rings is 1. The monoisotopic (exact) mass is 484 g/mol. The number of fused-ring (bicyclic) bond motifs is 1. The molecule has 4 heterocycles. The molecule has 3 aliphatic heterocycles. The minimum atomic E-state index is -4.55. The highest BCUT2D eigenvalue weighted by molar-refractivity contribution is 6.13. The molecule has 0 unspecified atom stereocenters. The number of nitrogens with zero attached hydrogens (tertiary/aromatic N) is 6. The van der Waals surface area contributed by atoms with E-state index in [1.807, 2.05) is 6.92 Å². The van der Waals surface area contributed by atoms with Gasteiger partial charge in [0.15, 0.2) is 5.82 Å². The smallest absolute Gasteiger partial charge is 0.317 e. The number of aryl methyl sites for hydroxylation is 1. The molecule has 7 nitrogen and oxygen atoms in total. The fourth-order valence-corrected chi connectivity index (χ4v) is 6.13. The van der Waals surface area contributed by atoms with Gasteiger partial charge < -0.3 is 9.47 Å². The summed E-state index contributed by atoms with van der Waals surface area (Å²) in [4.78, 5) is 21.7. The van der Waals surface area contributed by atoms with Crippen LogP contribution in [0, 0.1) is 5.41 Å². The van der Waals surface area contributed by atoms with E-state index < -0.39 is 17.6 Å². The van der Waals surface area contributed by atoms with E-state index in [0.29, 0.717) is 34.6 Å². The molecular weight excluding hydrogens is 457 g/mol. The Balaban J connectivity index is 1.36. The van der Waals surface area contributed by atoms with Crippen LogP contribution in [0.5, 0.6) is 0 Å². The molecule has 0 radical (unpaired) electrons. The van der Waals surface area contributed by atoms with Crippen molar-refractivity contribution in [3.63, 3.8) is 0 Å². The van der Waals surface area contributed by atoms with Gasteiger partial charge in [0, 0.05) is 31.9 Å². The third-order valence-electron chi connectivity index (χ3n) is 8.09. The molecule has 2 aromatic rings. The van der Waals surface area contributed by atoms with E-state index in [9.17, 15) is 18.0 Å². The molecule has 10 heteroatoms. The van der Waals surface area contributed by atoms with Crippen molar-refractivity contribution in [3.8, 4) is 0 Å². The Hall–Kier alpha value is -3.01. The second kappa shape index (κ2) is 7.74. The van der Waals surface area contributed by atoms with Gasteiger partial charge in [0.2, 0.25) is 0 Å². The van der Waals surface area contributed by atoms with Gasteiger partial charge in [-0.1, -0.05) is 6.42 Å². The highest BCUT2D eigenvalue weighted by Gasteiger charge is 2.45. The lowest BCUT2D eigenvalue weighted by Gasteiger charge is -2.38. The number of amides is 1. The summed E-state index contributed by atoms with van der Waals surface area (Å²) in [6.07, 6.45) is 3.38. The number of carbonyl (C=O) groups excluding carboxylic acids is 1. The highest BCUT2D eigenvalue weighted by Crippen LogP contribution is 2.48. The Morgan fingerprint density at radius 3 is 2.63 bits per heavy atom. The average molecular weight is 485 g/mol. The first-order valence-electron chi connectivity index (χ1n) is 12.0. The fraction of sp³-hybridized carbons (Fsp3) is 0.520. The molecule has 1 aliphatic carbocycles. The van der Waals surface area contributed by atoms with E-state index in [1.165, 1.54) is 36.6 Å². The summed E-state index contributed by atoms with van der Waals surface area (Å²) < 4.78 is 44.3. The molecule has 1 aromatic heterocycles. The van der Waals surface area contributed by atoms with Crippen molar-refractivity contribution in [3.05, 3.63) is 52.2 Å². The maximum atomic E-state index is 14.2. The molecule has 4 aliphatic rings. The second-order valence-corrected chi connectivity index (χ2v) is 10.4. The number of rotatable bonds is 4. The van der Waals surface area contributed by atoms with Gasteiger partial charge in [0.25, 0.3) is 5.91 Å². The zero-order valence-electron chi connectivity index (χ0n) is 19.8. The SMILES string of the molecule is C[C@@H]1N=CC(c2nncn2C)=C1N1Cc2c(cc(CN3CCC4(CCC4)C3)cc2C(F)(F)F)C1=O. The third-order valence-corrected chi connectivity index (χ3v) is 8.09.